The Morgan fingerprint density at radius 1 is 1.62 bits per heavy atom. The van der Waals surface area contributed by atoms with Crippen molar-refractivity contribution in [3.63, 3.8) is 0 Å². The molecule has 0 aromatic rings. The molecular weight excluding hydrogens is 128 g/mol. The Morgan fingerprint density at radius 2 is 2.12 bits per heavy atom. The first kappa shape index (κ1) is 7.91. The number of rotatable bonds is 3. The van der Waals surface area contributed by atoms with E-state index in [1.807, 2.05) is 0 Å². The molecule has 0 saturated carbocycles. The Bertz CT molecular complexity index is 135. The van der Waals surface area contributed by atoms with Gasteiger partial charge in [0.2, 0.25) is 0 Å². The van der Waals surface area contributed by atoms with Crippen molar-refractivity contribution in [2.24, 2.45) is 0 Å². The predicted octanol–water partition coefficient (Wildman–Crippen LogP) is -0.161. The molecule has 8 heavy (non-hydrogen) atoms. The summed E-state index contributed by atoms with van der Waals surface area (Å²) < 4.78 is 25.0. The van der Waals surface area contributed by atoms with Crippen LogP contribution in [0.2, 0.25) is 0 Å². The molecule has 0 heterocycles. The molecule has 4 heteroatoms. The SMILES string of the molecule is [CH2]COCS(C)(=O)=O. The standard InChI is InChI=1S/C4H9O3S/c1-3-7-4-8(2,5)6/h1,3-4H2,2H3. The summed E-state index contributed by atoms with van der Waals surface area (Å²) in [6.45, 7) is 3.50. The van der Waals surface area contributed by atoms with Gasteiger partial charge in [0.25, 0.3) is 0 Å². The largest absolute Gasteiger partial charge is 0.366 e. The molecule has 0 saturated heterocycles. The van der Waals surface area contributed by atoms with Gasteiger partial charge in [0.05, 0.1) is 0 Å². The van der Waals surface area contributed by atoms with Crippen molar-refractivity contribution in [2.45, 2.75) is 0 Å². The van der Waals surface area contributed by atoms with Crippen molar-refractivity contribution in [1.82, 2.24) is 0 Å². The van der Waals surface area contributed by atoms with Gasteiger partial charge in [-0.25, -0.2) is 8.42 Å². The Balaban J connectivity index is 3.42. The zero-order valence-electron chi connectivity index (χ0n) is 4.75. The lowest BCUT2D eigenvalue weighted by Crippen LogP contribution is -2.06. The lowest BCUT2D eigenvalue weighted by atomic mass is 10.9. The molecule has 0 unspecified atom stereocenters. The minimum atomic E-state index is -2.95. The smallest absolute Gasteiger partial charge is 0.171 e. The number of sulfone groups is 1. The van der Waals surface area contributed by atoms with E-state index in [4.69, 9.17) is 0 Å². The molecular formula is C4H9O3S. The van der Waals surface area contributed by atoms with Gasteiger partial charge in [0.1, 0.15) is 5.94 Å². The van der Waals surface area contributed by atoms with Crippen LogP contribution in [0.3, 0.4) is 0 Å². The fourth-order valence-electron chi connectivity index (χ4n) is 0.210. The average molecular weight is 137 g/mol. The number of hydrogen-bond acceptors (Lipinski definition) is 3. The lowest BCUT2D eigenvalue weighted by Gasteiger charge is -1.94. The quantitative estimate of drug-likeness (QED) is 0.543. The van der Waals surface area contributed by atoms with Crippen molar-refractivity contribution < 1.29 is 13.2 Å². The lowest BCUT2D eigenvalue weighted by molar-refractivity contribution is 0.208. The predicted molar refractivity (Wildman–Crippen MR) is 31.0 cm³/mol. The summed E-state index contributed by atoms with van der Waals surface area (Å²) in [6.07, 6.45) is 1.11. The molecule has 0 aliphatic heterocycles. The Kier molecular flexibility index (Phi) is 3.01. The highest BCUT2D eigenvalue weighted by Gasteiger charge is 1.97. The molecule has 0 aliphatic carbocycles. The van der Waals surface area contributed by atoms with Crippen LogP contribution in [0.1, 0.15) is 0 Å². The summed E-state index contributed by atoms with van der Waals surface area (Å²) in [6, 6.07) is 0. The van der Waals surface area contributed by atoms with Crippen LogP contribution in [0.25, 0.3) is 0 Å². The first-order chi connectivity index (χ1) is 3.56. The van der Waals surface area contributed by atoms with E-state index >= 15 is 0 Å². The monoisotopic (exact) mass is 137 g/mol. The summed E-state index contributed by atoms with van der Waals surface area (Å²) >= 11 is 0. The second kappa shape index (κ2) is 3.04. The van der Waals surface area contributed by atoms with Crippen LogP contribution in [0.15, 0.2) is 0 Å². The number of hydrogen-bond donors (Lipinski definition) is 0. The van der Waals surface area contributed by atoms with Crippen molar-refractivity contribution in [2.75, 3.05) is 18.8 Å². The Hall–Kier alpha value is -0.0900. The van der Waals surface area contributed by atoms with Gasteiger partial charge in [-0.15, -0.1) is 0 Å². The normalized spacial score (nSPS) is 11.8. The zero-order chi connectivity index (χ0) is 6.62. The van der Waals surface area contributed by atoms with Gasteiger partial charge in [-0.3, -0.25) is 0 Å². The van der Waals surface area contributed by atoms with Crippen LogP contribution in [0.5, 0.6) is 0 Å². The summed E-state index contributed by atoms with van der Waals surface area (Å²) in [5.74, 6) is -0.226. The molecule has 0 aliphatic rings. The highest BCUT2D eigenvalue weighted by molar-refractivity contribution is 7.90. The molecule has 0 aromatic carbocycles. The molecule has 0 aromatic heterocycles. The minimum absolute atomic E-state index is 0.201. The molecule has 0 atom stereocenters. The van der Waals surface area contributed by atoms with Gasteiger partial charge in [-0.1, -0.05) is 0 Å². The average Bonchev–Trinajstić information content (AvgIpc) is 1.59. The summed E-state index contributed by atoms with van der Waals surface area (Å²) in [7, 11) is -2.95. The van der Waals surface area contributed by atoms with Gasteiger partial charge in [-0.05, 0) is 6.92 Å². The number of ether oxygens (including phenoxy) is 1. The van der Waals surface area contributed by atoms with Crippen molar-refractivity contribution in [1.29, 1.82) is 0 Å². The van der Waals surface area contributed by atoms with Crippen LogP contribution in [0.4, 0.5) is 0 Å². The third kappa shape index (κ3) is 5.91. The molecule has 0 amide bonds. The van der Waals surface area contributed by atoms with Gasteiger partial charge in [0.15, 0.2) is 9.84 Å². The van der Waals surface area contributed by atoms with E-state index in [0.29, 0.717) is 0 Å². The molecule has 3 nitrogen and oxygen atoms in total. The Labute approximate surface area is 49.6 Å². The van der Waals surface area contributed by atoms with Crippen LogP contribution in [0, 0.1) is 6.92 Å². The van der Waals surface area contributed by atoms with Crippen LogP contribution in [-0.4, -0.2) is 27.2 Å². The fourth-order valence-corrected chi connectivity index (χ4v) is 0.631. The van der Waals surface area contributed by atoms with E-state index in [2.05, 4.69) is 11.7 Å². The fraction of sp³-hybridized carbons (Fsp3) is 0.750. The highest BCUT2D eigenvalue weighted by atomic mass is 32.2. The summed E-state index contributed by atoms with van der Waals surface area (Å²) in [5, 5.41) is 0. The second-order valence-electron chi connectivity index (χ2n) is 1.45. The van der Waals surface area contributed by atoms with Crippen molar-refractivity contribution in [3.8, 4) is 0 Å². The van der Waals surface area contributed by atoms with Crippen molar-refractivity contribution >= 4 is 9.84 Å². The zero-order valence-corrected chi connectivity index (χ0v) is 5.57. The first-order valence-electron chi connectivity index (χ1n) is 2.11. The van der Waals surface area contributed by atoms with E-state index in [0.717, 1.165) is 6.26 Å². The molecule has 0 spiro atoms. The van der Waals surface area contributed by atoms with Gasteiger partial charge < -0.3 is 4.74 Å². The third-order valence-corrected chi connectivity index (χ3v) is 1.04. The molecule has 49 valence electrons. The summed E-state index contributed by atoms with van der Waals surface area (Å²) in [4.78, 5) is 0. The maximum Gasteiger partial charge on any atom is 0.171 e. The molecule has 1 radical (unpaired) electrons. The Morgan fingerprint density at radius 3 is 2.25 bits per heavy atom. The molecule has 0 N–H and O–H groups in total. The molecule has 0 fully saturated rings. The van der Waals surface area contributed by atoms with Gasteiger partial charge >= 0.3 is 0 Å². The van der Waals surface area contributed by atoms with E-state index in [1.54, 1.807) is 0 Å². The highest BCUT2D eigenvalue weighted by Crippen LogP contribution is 1.82. The topological polar surface area (TPSA) is 43.4 Å². The van der Waals surface area contributed by atoms with Gasteiger partial charge in [0, 0.05) is 12.9 Å². The van der Waals surface area contributed by atoms with E-state index in [1.165, 1.54) is 0 Å². The van der Waals surface area contributed by atoms with Crippen LogP contribution < -0.4 is 0 Å². The van der Waals surface area contributed by atoms with Crippen molar-refractivity contribution in [3.05, 3.63) is 6.92 Å². The first-order valence-corrected chi connectivity index (χ1v) is 4.17. The van der Waals surface area contributed by atoms with E-state index in [9.17, 15) is 8.42 Å². The minimum Gasteiger partial charge on any atom is -0.366 e. The van der Waals surface area contributed by atoms with Crippen LogP contribution >= 0.6 is 0 Å². The van der Waals surface area contributed by atoms with E-state index < -0.39 is 9.84 Å². The summed E-state index contributed by atoms with van der Waals surface area (Å²) in [5.41, 5.74) is 0. The maximum atomic E-state index is 10.2. The van der Waals surface area contributed by atoms with Crippen LogP contribution in [-0.2, 0) is 14.6 Å². The second-order valence-corrected chi connectivity index (χ2v) is 3.54. The molecule has 0 bridgehead atoms. The van der Waals surface area contributed by atoms with E-state index in [-0.39, 0.29) is 12.5 Å². The maximum absolute atomic E-state index is 10.2. The van der Waals surface area contributed by atoms with Gasteiger partial charge in [-0.2, -0.15) is 0 Å². The molecule has 0 rings (SSSR count). The third-order valence-electron chi connectivity index (χ3n) is 0.442.